The average Bonchev–Trinajstić information content (AvgIpc) is 2.84. The zero-order chi connectivity index (χ0) is 24.8. The highest BCUT2D eigenvalue weighted by atomic mass is 16.5. The molecule has 0 fully saturated rings. The molecule has 0 aliphatic rings. The second-order valence-corrected chi connectivity index (χ2v) is 7.71. The van der Waals surface area contributed by atoms with Gasteiger partial charge in [0, 0.05) is 29.7 Å². The minimum absolute atomic E-state index is 0.0993. The van der Waals surface area contributed by atoms with Crippen LogP contribution < -0.4 is 20.9 Å². The Kier molecular flexibility index (Phi) is 7.06. The Labute approximate surface area is 201 Å². The van der Waals surface area contributed by atoms with E-state index in [9.17, 15) is 14.4 Å². The lowest BCUT2D eigenvalue weighted by atomic mass is 10.2. The number of ether oxygens (including phenoxy) is 2. The fourth-order valence-electron chi connectivity index (χ4n) is 3.35. The number of esters is 1. The number of urea groups is 1. The molecule has 2 heterocycles. The van der Waals surface area contributed by atoms with Crippen molar-refractivity contribution in [3.8, 4) is 5.75 Å². The summed E-state index contributed by atoms with van der Waals surface area (Å²) in [6, 6.07) is 17.9. The lowest BCUT2D eigenvalue weighted by Crippen LogP contribution is -2.19. The van der Waals surface area contributed by atoms with Gasteiger partial charge in [-0.05, 0) is 61.9 Å². The first-order valence-corrected chi connectivity index (χ1v) is 11.0. The molecule has 0 saturated carbocycles. The number of carbonyl (C=O) groups is 2. The van der Waals surface area contributed by atoms with E-state index in [1.165, 1.54) is 10.5 Å². The van der Waals surface area contributed by atoms with Crippen LogP contribution in [-0.4, -0.2) is 28.0 Å². The van der Waals surface area contributed by atoms with E-state index in [1.807, 2.05) is 13.0 Å². The maximum absolute atomic E-state index is 12.4. The van der Waals surface area contributed by atoms with Crippen LogP contribution in [-0.2, 0) is 11.3 Å². The molecule has 0 atom stereocenters. The minimum Gasteiger partial charge on any atom is -0.487 e. The van der Waals surface area contributed by atoms with Gasteiger partial charge in [0.1, 0.15) is 18.0 Å². The summed E-state index contributed by atoms with van der Waals surface area (Å²) in [6.45, 7) is 4.04. The molecule has 4 aromatic rings. The first-order chi connectivity index (χ1) is 16.9. The highest BCUT2D eigenvalue weighted by Crippen LogP contribution is 2.19. The van der Waals surface area contributed by atoms with Crippen LogP contribution >= 0.6 is 0 Å². The smallest absolute Gasteiger partial charge is 0.338 e. The lowest BCUT2D eigenvalue weighted by Gasteiger charge is -2.11. The van der Waals surface area contributed by atoms with Gasteiger partial charge < -0.3 is 20.1 Å². The van der Waals surface area contributed by atoms with Gasteiger partial charge in [0.25, 0.3) is 5.56 Å². The summed E-state index contributed by atoms with van der Waals surface area (Å²) in [5, 5.41) is 5.44. The highest BCUT2D eigenvalue weighted by molar-refractivity contribution is 6.00. The molecule has 0 saturated heterocycles. The van der Waals surface area contributed by atoms with Crippen molar-refractivity contribution in [1.82, 2.24) is 9.38 Å². The van der Waals surface area contributed by atoms with E-state index in [0.717, 1.165) is 5.56 Å². The van der Waals surface area contributed by atoms with E-state index in [1.54, 1.807) is 67.7 Å². The molecule has 178 valence electrons. The number of anilines is 2. The molecule has 2 amide bonds. The van der Waals surface area contributed by atoms with E-state index in [-0.39, 0.29) is 12.2 Å². The Morgan fingerprint density at radius 3 is 2.51 bits per heavy atom. The zero-order valence-corrected chi connectivity index (χ0v) is 19.3. The topological polar surface area (TPSA) is 111 Å². The molecule has 0 unspecified atom stereocenters. The summed E-state index contributed by atoms with van der Waals surface area (Å²) in [6.07, 6.45) is 1.74. The van der Waals surface area contributed by atoms with Gasteiger partial charge in [-0.1, -0.05) is 12.1 Å². The first-order valence-electron chi connectivity index (χ1n) is 11.0. The Morgan fingerprint density at radius 2 is 1.74 bits per heavy atom. The number of nitrogens with zero attached hydrogens (tertiary/aromatic N) is 2. The van der Waals surface area contributed by atoms with Gasteiger partial charge >= 0.3 is 12.0 Å². The van der Waals surface area contributed by atoms with E-state index in [0.29, 0.717) is 40.6 Å². The number of nitrogens with one attached hydrogen (secondary N) is 2. The monoisotopic (exact) mass is 472 g/mol. The van der Waals surface area contributed by atoms with Crippen molar-refractivity contribution in [3.63, 3.8) is 0 Å². The molecule has 0 spiro atoms. The summed E-state index contributed by atoms with van der Waals surface area (Å²) in [7, 11) is 0. The SMILES string of the molecule is CCOC(=O)c1ccc(NC(=O)Nc2cccc(OCc3cc(=O)n4cc(C)ccc4n3)c2)cc1. The molecular formula is C26H24N4O5. The predicted octanol–water partition coefficient (Wildman–Crippen LogP) is 4.40. The molecule has 9 heteroatoms. The maximum Gasteiger partial charge on any atom is 0.338 e. The van der Waals surface area contributed by atoms with Crippen molar-refractivity contribution in [2.75, 3.05) is 17.2 Å². The van der Waals surface area contributed by atoms with E-state index < -0.39 is 12.0 Å². The van der Waals surface area contributed by atoms with Gasteiger partial charge in [0.15, 0.2) is 0 Å². The molecule has 0 aliphatic heterocycles. The van der Waals surface area contributed by atoms with Crippen molar-refractivity contribution >= 4 is 29.0 Å². The maximum atomic E-state index is 12.4. The zero-order valence-electron chi connectivity index (χ0n) is 19.3. The van der Waals surface area contributed by atoms with Crippen LogP contribution in [0.1, 0.15) is 28.5 Å². The van der Waals surface area contributed by atoms with Crippen LogP contribution in [0.4, 0.5) is 16.2 Å². The van der Waals surface area contributed by atoms with Gasteiger partial charge in [-0.15, -0.1) is 0 Å². The molecule has 2 aromatic heterocycles. The third-order valence-electron chi connectivity index (χ3n) is 4.99. The van der Waals surface area contributed by atoms with E-state index in [2.05, 4.69) is 15.6 Å². The summed E-state index contributed by atoms with van der Waals surface area (Å²) in [5.74, 6) is 0.0898. The van der Waals surface area contributed by atoms with Crippen molar-refractivity contribution in [1.29, 1.82) is 0 Å². The lowest BCUT2D eigenvalue weighted by molar-refractivity contribution is 0.0526. The van der Waals surface area contributed by atoms with Crippen LogP contribution in [0, 0.1) is 6.92 Å². The molecule has 4 rings (SSSR count). The number of carbonyl (C=O) groups excluding carboxylic acids is 2. The van der Waals surface area contributed by atoms with E-state index >= 15 is 0 Å². The minimum atomic E-state index is -0.453. The summed E-state index contributed by atoms with van der Waals surface area (Å²) < 4.78 is 12.2. The summed E-state index contributed by atoms with van der Waals surface area (Å²) >= 11 is 0. The van der Waals surface area contributed by atoms with Gasteiger partial charge in [-0.25, -0.2) is 14.6 Å². The van der Waals surface area contributed by atoms with Crippen LogP contribution in [0.25, 0.3) is 5.65 Å². The standard InChI is InChI=1S/C26H24N4O5/c1-3-34-25(32)18-8-10-19(11-9-18)28-26(33)29-20-5-4-6-22(13-20)35-16-21-14-24(31)30-15-17(2)7-12-23(30)27-21/h4-15H,3,16H2,1-2H3,(H2,28,29,33). The largest absolute Gasteiger partial charge is 0.487 e. The van der Waals surface area contributed by atoms with Crippen LogP contribution in [0.3, 0.4) is 0 Å². The molecule has 0 bridgehead atoms. The number of aryl methyl sites for hydroxylation is 1. The average molecular weight is 473 g/mol. The van der Waals surface area contributed by atoms with Crippen molar-refractivity contribution in [3.05, 3.63) is 100 Å². The van der Waals surface area contributed by atoms with Gasteiger partial charge in [0.05, 0.1) is 17.9 Å². The second kappa shape index (κ2) is 10.5. The predicted molar refractivity (Wildman–Crippen MR) is 132 cm³/mol. The number of hydrogen-bond acceptors (Lipinski definition) is 6. The number of amides is 2. The summed E-state index contributed by atoms with van der Waals surface area (Å²) in [5.41, 5.74) is 3.27. The van der Waals surface area contributed by atoms with Crippen molar-refractivity contribution in [2.45, 2.75) is 20.5 Å². The molecule has 0 aliphatic carbocycles. The van der Waals surface area contributed by atoms with Gasteiger partial charge in [0.2, 0.25) is 0 Å². The van der Waals surface area contributed by atoms with Crippen LogP contribution in [0.15, 0.2) is 77.7 Å². The third-order valence-corrected chi connectivity index (χ3v) is 4.99. The number of aromatic nitrogens is 2. The van der Waals surface area contributed by atoms with Crippen molar-refractivity contribution < 1.29 is 19.1 Å². The number of benzene rings is 2. The number of rotatable bonds is 7. The molecule has 0 radical (unpaired) electrons. The fourth-order valence-corrected chi connectivity index (χ4v) is 3.35. The number of fused-ring (bicyclic) bond motifs is 1. The number of pyridine rings is 1. The second-order valence-electron chi connectivity index (χ2n) is 7.71. The van der Waals surface area contributed by atoms with Crippen LogP contribution in [0.5, 0.6) is 5.75 Å². The van der Waals surface area contributed by atoms with Gasteiger partial charge in [-0.2, -0.15) is 0 Å². The Morgan fingerprint density at radius 1 is 0.971 bits per heavy atom. The van der Waals surface area contributed by atoms with E-state index in [4.69, 9.17) is 9.47 Å². The Hall–Kier alpha value is -4.66. The molecule has 35 heavy (non-hydrogen) atoms. The molecular weight excluding hydrogens is 448 g/mol. The Balaban J connectivity index is 1.36. The molecule has 2 N–H and O–H groups in total. The van der Waals surface area contributed by atoms with Crippen LogP contribution in [0.2, 0.25) is 0 Å². The highest BCUT2D eigenvalue weighted by Gasteiger charge is 2.09. The Bertz CT molecular complexity index is 1430. The normalized spacial score (nSPS) is 10.6. The number of hydrogen-bond donors (Lipinski definition) is 2. The summed E-state index contributed by atoms with van der Waals surface area (Å²) in [4.78, 5) is 40.9. The quantitative estimate of drug-likeness (QED) is 0.386. The fraction of sp³-hybridized carbons (Fsp3) is 0.154. The van der Waals surface area contributed by atoms with Crippen molar-refractivity contribution in [2.24, 2.45) is 0 Å². The molecule has 2 aromatic carbocycles. The third kappa shape index (κ3) is 6.02. The van der Waals surface area contributed by atoms with Gasteiger partial charge in [-0.3, -0.25) is 9.20 Å². The molecule has 9 nitrogen and oxygen atoms in total. The first kappa shape index (κ1) is 23.5.